The van der Waals surface area contributed by atoms with E-state index in [-0.39, 0.29) is 11.9 Å². The molecule has 4 heteroatoms. The Morgan fingerprint density at radius 2 is 2.22 bits per heavy atom. The highest BCUT2D eigenvalue weighted by molar-refractivity contribution is 6.33. The van der Waals surface area contributed by atoms with Gasteiger partial charge in [-0.3, -0.25) is 4.79 Å². The van der Waals surface area contributed by atoms with Gasteiger partial charge in [0, 0.05) is 0 Å². The van der Waals surface area contributed by atoms with E-state index < -0.39 is 0 Å². The molecule has 98 valence electrons. The molecule has 18 heavy (non-hydrogen) atoms. The van der Waals surface area contributed by atoms with E-state index in [1.807, 2.05) is 25.1 Å². The normalized spacial score (nSPS) is 20.2. The average Bonchev–Trinajstić information content (AvgIpc) is 2.61. The standard InChI is InChI=1S/C14H19ClN2O/c1-10-6-7-12(11(15)9-10)17-14(18)13-5-3-2-4-8-16-13/h6-7,9,13,16H,2-5,8H2,1H3,(H,17,18). The van der Waals surface area contributed by atoms with Gasteiger partial charge in [-0.2, -0.15) is 0 Å². The van der Waals surface area contributed by atoms with Crippen LogP contribution in [0.2, 0.25) is 5.02 Å². The first-order chi connectivity index (χ1) is 8.66. The molecule has 0 spiro atoms. The van der Waals surface area contributed by atoms with Crippen LogP contribution in [-0.4, -0.2) is 18.5 Å². The Morgan fingerprint density at radius 1 is 1.39 bits per heavy atom. The molecule has 1 heterocycles. The van der Waals surface area contributed by atoms with Crippen molar-refractivity contribution >= 4 is 23.2 Å². The average molecular weight is 267 g/mol. The van der Waals surface area contributed by atoms with E-state index in [2.05, 4.69) is 10.6 Å². The monoisotopic (exact) mass is 266 g/mol. The molecule has 1 amide bonds. The van der Waals surface area contributed by atoms with Gasteiger partial charge in [-0.05, 0) is 44.0 Å². The first-order valence-corrected chi connectivity index (χ1v) is 6.85. The number of amides is 1. The molecular formula is C14H19ClN2O. The molecule has 1 fully saturated rings. The maximum atomic E-state index is 12.1. The van der Waals surface area contributed by atoms with Crippen LogP contribution in [0, 0.1) is 6.92 Å². The molecule has 1 aliphatic rings. The molecule has 1 atom stereocenters. The fourth-order valence-corrected chi connectivity index (χ4v) is 2.48. The van der Waals surface area contributed by atoms with Gasteiger partial charge in [0.15, 0.2) is 0 Å². The summed E-state index contributed by atoms with van der Waals surface area (Å²) in [4.78, 5) is 12.1. The summed E-state index contributed by atoms with van der Waals surface area (Å²) in [6.45, 7) is 2.89. The van der Waals surface area contributed by atoms with Gasteiger partial charge >= 0.3 is 0 Å². The highest BCUT2D eigenvalue weighted by atomic mass is 35.5. The maximum absolute atomic E-state index is 12.1. The Balaban J connectivity index is 2.01. The molecule has 0 saturated carbocycles. The predicted molar refractivity (Wildman–Crippen MR) is 75.1 cm³/mol. The van der Waals surface area contributed by atoms with Gasteiger partial charge in [0.1, 0.15) is 0 Å². The van der Waals surface area contributed by atoms with E-state index in [1.54, 1.807) is 0 Å². The van der Waals surface area contributed by atoms with Crippen LogP contribution < -0.4 is 10.6 Å². The van der Waals surface area contributed by atoms with Crippen molar-refractivity contribution in [1.29, 1.82) is 0 Å². The molecule has 0 aliphatic carbocycles. The first kappa shape index (κ1) is 13.4. The number of aryl methyl sites for hydroxylation is 1. The quantitative estimate of drug-likeness (QED) is 0.864. The summed E-state index contributed by atoms with van der Waals surface area (Å²) in [6.07, 6.45) is 4.35. The van der Waals surface area contributed by atoms with E-state index in [0.29, 0.717) is 10.7 Å². The third kappa shape index (κ3) is 3.47. The fraction of sp³-hybridized carbons (Fsp3) is 0.500. The summed E-state index contributed by atoms with van der Waals surface area (Å²) in [5.74, 6) is 0.0163. The number of nitrogens with one attached hydrogen (secondary N) is 2. The molecule has 0 aromatic heterocycles. The van der Waals surface area contributed by atoms with Gasteiger partial charge in [0.2, 0.25) is 5.91 Å². The molecule has 1 aliphatic heterocycles. The Bertz CT molecular complexity index is 426. The second kappa shape index (κ2) is 6.21. The molecule has 2 N–H and O–H groups in total. The smallest absolute Gasteiger partial charge is 0.241 e. The Hall–Kier alpha value is -1.06. The van der Waals surface area contributed by atoms with Gasteiger partial charge < -0.3 is 10.6 Å². The van der Waals surface area contributed by atoms with Gasteiger partial charge in [0.25, 0.3) is 0 Å². The zero-order valence-electron chi connectivity index (χ0n) is 10.6. The number of rotatable bonds is 2. The number of hydrogen-bond acceptors (Lipinski definition) is 2. The topological polar surface area (TPSA) is 41.1 Å². The van der Waals surface area contributed by atoms with Crippen LogP contribution in [-0.2, 0) is 4.79 Å². The largest absolute Gasteiger partial charge is 0.323 e. The second-order valence-corrected chi connectivity index (χ2v) is 5.24. The van der Waals surface area contributed by atoms with Crippen molar-refractivity contribution in [3.63, 3.8) is 0 Å². The minimum absolute atomic E-state index is 0.0163. The van der Waals surface area contributed by atoms with Gasteiger partial charge in [-0.1, -0.05) is 30.5 Å². The molecule has 1 aromatic rings. The van der Waals surface area contributed by atoms with E-state index in [9.17, 15) is 4.79 Å². The van der Waals surface area contributed by atoms with Crippen LogP contribution in [0.15, 0.2) is 18.2 Å². The Kier molecular flexibility index (Phi) is 4.61. The fourth-order valence-electron chi connectivity index (χ4n) is 2.19. The zero-order valence-corrected chi connectivity index (χ0v) is 11.4. The number of benzene rings is 1. The number of hydrogen-bond donors (Lipinski definition) is 2. The van der Waals surface area contributed by atoms with E-state index in [1.165, 1.54) is 6.42 Å². The van der Waals surface area contributed by atoms with Crippen LogP contribution in [0.5, 0.6) is 0 Å². The van der Waals surface area contributed by atoms with Gasteiger partial charge in [-0.15, -0.1) is 0 Å². The van der Waals surface area contributed by atoms with Crippen molar-refractivity contribution in [2.75, 3.05) is 11.9 Å². The predicted octanol–water partition coefficient (Wildman–Crippen LogP) is 3.12. The summed E-state index contributed by atoms with van der Waals surface area (Å²) in [5, 5.41) is 6.77. The molecule has 0 radical (unpaired) electrons. The van der Waals surface area contributed by atoms with E-state index in [0.717, 1.165) is 31.4 Å². The highest BCUT2D eigenvalue weighted by Gasteiger charge is 2.19. The third-order valence-corrected chi connectivity index (χ3v) is 3.57. The molecule has 0 bridgehead atoms. The lowest BCUT2D eigenvalue weighted by molar-refractivity contribution is -0.118. The SMILES string of the molecule is Cc1ccc(NC(=O)C2CCCCCN2)c(Cl)c1. The second-order valence-electron chi connectivity index (χ2n) is 4.83. The van der Waals surface area contributed by atoms with Crippen LogP contribution in [0.1, 0.15) is 31.2 Å². The van der Waals surface area contributed by atoms with Crippen molar-refractivity contribution in [2.45, 2.75) is 38.6 Å². The van der Waals surface area contributed by atoms with Crippen LogP contribution >= 0.6 is 11.6 Å². The Morgan fingerprint density at radius 3 is 3.00 bits per heavy atom. The summed E-state index contributed by atoms with van der Waals surface area (Å²) in [5.41, 5.74) is 1.78. The van der Waals surface area contributed by atoms with Crippen molar-refractivity contribution in [3.05, 3.63) is 28.8 Å². The number of carbonyl (C=O) groups is 1. The minimum Gasteiger partial charge on any atom is -0.323 e. The van der Waals surface area contributed by atoms with E-state index >= 15 is 0 Å². The van der Waals surface area contributed by atoms with Crippen molar-refractivity contribution in [2.24, 2.45) is 0 Å². The summed E-state index contributed by atoms with van der Waals surface area (Å²) in [7, 11) is 0. The highest BCUT2D eigenvalue weighted by Crippen LogP contribution is 2.23. The molecule has 1 aromatic carbocycles. The lowest BCUT2D eigenvalue weighted by Gasteiger charge is -2.16. The lowest BCUT2D eigenvalue weighted by Crippen LogP contribution is -2.39. The first-order valence-electron chi connectivity index (χ1n) is 6.47. The Labute approximate surface area is 113 Å². The number of carbonyl (C=O) groups excluding carboxylic acids is 1. The number of halogens is 1. The lowest BCUT2D eigenvalue weighted by atomic mass is 10.1. The molecule has 1 saturated heterocycles. The summed E-state index contributed by atoms with van der Waals surface area (Å²) in [6, 6.07) is 5.57. The van der Waals surface area contributed by atoms with Crippen molar-refractivity contribution in [3.8, 4) is 0 Å². The molecular weight excluding hydrogens is 248 g/mol. The van der Waals surface area contributed by atoms with Crippen molar-refractivity contribution < 1.29 is 4.79 Å². The summed E-state index contributed by atoms with van der Waals surface area (Å²) < 4.78 is 0. The van der Waals surface area contributed by atoms with E-state index in [4.69, 9.17) is 11.6 Å². The summed E-state index contributed by atoms with van der Waals surface area (Å²) >= 11 is 6.11. The van der Waals surface area contributed by atoms with Crippen LogP contribution in [0.4, 0.5) is 5.69 Å². The van der Waals surface area contributed by atoms with Gasteiger partial charge in [0.05, 0.1) is 16.8 Å². The third-order valence-electron chi connectivity index (χ3n) is 3.26. The van der Waals surface area contributed by atoms with Gasteiger partial charge in [-0.25, -0.2) is 0 Å². The van der Waals surface area contributed by atoms with Crippen molar-refractivity contribution in [1.82, 2.24) is 5.32 Å². The number of anilines is 1. The maximum Gasteiger partial charge on any atom is 0.241 e. The van der Waals surface area contributed by atoms with Crippen LogP contribution in [0.25, 0.3) is 0 Å². The zero-order chi connectivity index (χ0) is 13.0. The van der Waals surface area contributed by atoms with Crippen LogP contribution in [0.3, 0.4) is 0 Å². The molecule has 2 rings (SSSR count). The molecule has 3 nitrogen and oxygen atoms in total. The molecule has 1 unspecified atom stereocenters. The minimum atomic E-state index is -0.0927.